The monoisotopic (exact) mass is 445 g/mol. The molecular formula is C25H23N3O5. The summed E-state index contributed by atoms with van der Waals surface area (Å²) in [6.07, 6.45) is 1.44. The highest BCUT2D eigenvalue weighted by molar-refractivity contribution is 5.96. The molecule has 3 rings (SSSR count). The zero-order chi connectivity index (χ0) is 23.6. The van der Waals surface area contributed by atoms with Gasteiger partial charge in [0.1, 0.15) is 11.5 Å². The fourth-order valence-electron chi connectivity index (χ4n) is 2.78. The number of nitrogens with one attached hydrogen (secondary N) is 2. The summed E-state index contributed by atoms with van der Waals surface area (Å²) in [4.78, 5) is 36.1. The van der Waals surface area contributed by atoms with E-state index in [9.17, 15) is 14.4 Å². The van der Waals surface area contributed by atoms with Crippen LogP contribution in [0, 0.1) is 6.92 Å². The van der Waals surface area contributed by atoms with Gasteiger partial charge in [-0.05, 0) is 73.2 Å². The molecule has 2 amide bonds. The zero-order valence-corrected chi connectivity index (χ0v) is 18.2. The molecule has 0 spiro atoms. The van der Waals surface area contributed by atoms with E-state index in [4.69, 9.17) is 9.47 Å². The van der Waals surface area contributed by atoms with Gasteiger partial charge < -0.3 is 14.8 Å². The molecule has 0 aromatic heterocycles. The van der Waals surface area contributed by atoms with Crippen molar-refractivity contribution in [3.63, 3.8) is 0 Å². The van der Waals surface area contributed by atoms with Crippen LogP contribution in [0.1, 0.15) is 31.8 Å². The Balaban J connectivity index is 1.45. The fourth-order valence-corrected chi connectivity index (χ4v) is 2.78. The molecule has 2 N–H and O–H groups in total. The number of carbonyl (C=O) groups is 3. The first-order chi connectivity index (χ1) is 15.9. The fraction of sp³-hybridized carbons (Fsp3) is 0.120. The van der Waals surface area contributed by atoms with Gasteiger partial charge >= 0.3 is 5.97 Å². The molecule has 0 bridgehead atoms. The quantitative estimate of drug-likeness (QED) is 0.240. The van der Waals surface area contributed by atoms with E-state index in [1.165, 1.54) is 6.21 Å². The maximum atomic E-state index is 12.2. The lowest BCUT2D eigenvalue weighted by Gasteiger charge is -2.06. The molecule has 0 aliphatic rings. The highest BCUT2D eigenvalue weighted by Gasteiger charge is 2.09. The second-order valence-electron chi connectivity index (χ2n) is 7.03. The number of methoxy groups -OCH3 is 1. The molecule has 8 nitrogen and oxygen atoms in total. The molecule has 0 atom stereocenters. The van der Waals surface area contributed by atoms with Crippen LogP contribution in [0.4, 0.5) is 0 Å². The summed E-state index contributed by atoms with van der Waals surface area (Å²) in [7, 11) is 1.55. The third kappa shape index (κ3) is 7.03. The van der Waals surface area contributed by atoms with Crippen LogP contribution >= 0.6 is 0 Å². The van der Waals surface area contributed by atoms with Gasteiger partial charge in [0.2, 0.25) is 0 Å². The predicted molar refractivity (Wildman–Crippen MR) is 124 cm³/mol. The molecule has 0 saturated heterocycles. The summed E-state index contributed by atoms with van der Waals surface area (Å²) >= 11 is 0. The number of rotatable bonds is 8. The van der Waals surface area contributed by atoms with E-state index in [0.717, 1.165) is 5.56 Å². The molecule has 0 saturated carbocycles. The first-order valence-corrected chi connectivity index (χ1v) is 10.1. The van der Waals surface area contributed by atoms with Crippen molar-refractivity contribution in [2.45, 2.75) is 6.92 Å². The minimum atomic E-state index is -0.487. The average molecular weight is 445 g/mol. The number of hydrogen-bond donors (Lipinski definition) is 2. The van der Waals surface area contributed by atoms with Crippen molar-refractivity contribution in [3.8, 4) is 11.5 Å². The molecule has 0 fully saturated rings. The van der Waals surface area contributed by atoms with Crippen molar-refractivity contribution < 1.29 is 23.9 Å². The minimum Gasteiger partial charge on any atom is -0.497 e. The van der Waals surface area contributed by atoms with Gasteiger partial charge in [0.25, 0.3) is 11.8 Å². The molecule has 168 valence electrons. The first kappa shape index (κ1) is 23.2. The van der Waals surface area contributed by atoms with Crippen molar-refractivity contribution in [2.75, 3.05) is 13.7 Å². The van der Waals surface area contributed by atoms with Gasteiger partial charge in [0.15, 0.2) is 0 Å². The number of benzene rings is 3. The summed E-state index contributed by atoms with van der Waals surface area (Å²) in [6, 6.07) is 20.3. The second-order valence-corrected chi connectivity index (χ2v) is 7.03. The largest absolute Gasteiger partial charge is 0.497 e. The van der Waals surface area contributed by atoms with Gasteiger partial charge in [0, 0.05) is 5.56 Å². The van der Waals surface area contributed by atoms with Crippen LogP contribution in [0.25, 0.3) is 0 Å². The Morgan fingerprint density at radius 3 is 2.27 bits per heavy atom. The summed E-state index contributed by atoms with van der Waals surface area (Å²) in [6.45, 7) is 1.68. The number of amides is 2. The van der Waals surface area contributed by atoms with Crippen LogP contribution in [0.2, 0.25) is 0 Å². The third-order valence-corrected chi connectivity index (χ3v) is 4.51. The third-order valence-electron chi connectivity index (χ3n) is 4.51. The van der Waals surface area contributed by atoms with Crippen molar-refractivity contribution in [3.05, 3.63) is 95.1 Å². The van der Waals surface area contributed by atoms with Gasteiger partial charge in [-0.2, -0.15) is 5.10 Å². The number of esters is 1. The van der Waals surface area contributed by atoms with Crippen LogP contribution in [0.15, 0.2) is 77.9 Å². The van der Waals surface area contributed by atoms with E-state index in [0.29, 0.717) is 28.2 Å². The highest BCUT2D eigenvalue weighted by Crippen LogP contribution is 2.16. The molecule has 0 aliphatic heterocycles. The van der Waals surface area contributed by atoms with Crippen LogP contribution in [0.3, 0.4) is 0 Å². The number of aryl methyl sites for hydroxylation is 1. The number of hydrogen-bond acceptors (Lipinski definition) is 6. The molecule has 0 unspecified atom stereocenters. The Bertz CT molecular complexity index is 1160. The van der Waals surface area contributed by atoms with Crippen LogP contribution in [0.5, 0.6) is 11.5 Å². The van der Waals surface area contributed by atoms with Crippen molar-refractivity contribution >= 4 is 24.0 Å². The molecule has 0 heterocycles. The van der Waals surface area contributed by atoms with Gasteiger partial charge in [0.05, 0.1) is 25.4 Å². The van der Waals surface area contributed by atoms with E-state index in [1.54, 1.807) is 73.8 Å². The van der Waals surface area contributed by atoms with Gasteiger partial charge in [-0.3, -0.25) is 9.59 Å². The van der Waals surface area contributed by atoms with E-state index >= 15 is 0 Å². The summed E-state index contributed by atoms with van der Waals surface area (Å²) in [5, 5.41) is 6.41. The number of hydrazone groups is 1. The Morgan fingerprint density at radius 2 is 1.61 bits per heavy atom. The number of carbonyl (C=O) groups excluding carboxylic acids is 3. The normalized spacial score (nSPS) is 10.5. The predicted octanol–water partition coefficient (Wildman–Crippen LogP) is 3.10. The second kappa shape index (κ2) is 11.2. The van der Waals surface area contributed by atoms with Crippen LogP contribution in [-0.4, -0.2) is 37.7 Å². The van der Waals surface area contributed by atoms with E-state index < -0.39 is 11.9 Å². The Labute approximate surface area is 191 Å². The lowest BCUT2D eigenvalue weighted by atomic mass is 10.1. The van der Waals surface area contributed by atoms with Crippen molar-refractivity contribution in [2.24, 2.45) is 5.10 Å². The maximum Gasteiger partial charge on any atom is 0.343 e. The summed E-state index contributed by atoms with van der Waals surface area (Å²) < 4.78 is 10.4. The van der Waals surface area contributed by atoms with Gasteiger partial charge in [-0.25, -0.2) is 10.2 Å². The van der Waals surface area contributed by atoms with Crippen LogP contribution in [-0.2, 0) is 4.79 Å². The zero-order valence-electron chi connectivity index (χ0n) is 18.2. The first-order valence-electron chi connectivity index (χ1n) is 10.1. The summed E-state index contributed by atoms with van der Waals surface area (Å²) in [5.41, 5.74) is 4.87. The van der Waals surface area contributed by atoms with E-state index in [-0.39, 0.29) is 12.5 Å². The summed E-state index contributed by atoms with van der Waals surface area (Å²) in [5.74, 6) is -0.263. The molecule has 0 radical (unpaired) electrons. The minimum absolute atomic E-state index is 0.204. The average Bonchev–Trinajstić information content (AvgIpc) is 2.83. The van der Waals surface area contributed by atoms with Crippen LogP contribution < -0.4 is 20.2 Å². The number of ether oxygens (including phenoxy) is 2. The molecule has 3 aromatic carbocycles. The van der Waals surface area contributed by atoms with E-state index in [1.807, 2.05) is 13.0 Å². The maximum absolute atomic E-state index is 12.2. The van der Waals surface area contributed by atoms with Gasteiger partial charge in [-0.15, -0.1) is 0 Å². The van der Waals surface area contributed by atoms with E-state index in [2.05, 4.69) is 15.8 Å². The van der Waals surface area contributed by atoms with Crippen molar-refractivity contribution in [1.29, 1.82) is 0 Å². The topological polar surface area (TPSA) is 106 Å². The highest BCUT2D eigenvalue weighted by atomic mass is 16.5. The molecule has 0 aliphatic carbocycles. The molecule has 33 heavy (non-hydrogen) atoms. The Kier molecular flexibility index (Phi) is 7.91. The standard InChI is InChI=1S/C25H23N3O5/c1-17-4-3-5-20(14-17)24(30)26-16-23(29)28-27-15-18-6-10-22(11-7-18)33-25(31)19-8-12-21(32-2)13-9-19/h3-15H,16H2,1-2H3,(H,26,30)(H,28,29)/b27-15+. The van der Waals surface area contributed by atoms with Gasteiger partial charge in [-0.1, -0.05) is 17.7 Å². The smallest absolute Gasteiger partial charge is 0.343 e. The number of nitrogens with zero attached hydrogens (tertiary/aromatic N) is 1. The SMILES string of the molecule is COc1ccc(C(=O)Oc2ccc(/C=N/NC(=O)CNC(=O)c3cccc(C)c3)cc2)cc1. The molecule has 3 aromatic rings. The lowest BCUT2D eigenvalue weighted by Crippen LogP contribution is -2.34. The molecular weight excluding hydrogens is 422 g/mol. The lowest BCUT2D eigenvalue weighted by molar-refractivity contribution is -0.120. The van der Waals surface area contributed by atoms with Crippen molar-refractivity contribution in [1.82, 2.24) is 10.7 Å². The molecule has 8 heteroatoms. The Morgan fingerprint density at radius 1 is 0.909 bits per heavy atom. The Hall–Kier alpha value is -4.46.